The van der Waals surface area contributed by atoms with E-state index in [1.54, 1.807) is 0 Å². The van der Waals surface area contributed by atoms with Gasteiger partial charge in [0.05, 0.1) is 0 Å². The first kappa shape index (κ1) is 20.2. The Morgan fingerprint density at radius 1 is 1.11 bits per heavy atom. The number of aryl methyl sites for hydroxylation is 1. The minimum atomic E-state index is 0.00148. The lowest BCUT2D eigenvalue weighted by Crippen LogP contribution is -2.30. The molecular weight excluding hydrogens is 377 g/mol. The molecule has 0 fully saturated rings. The molecule has 0 N–H and O–H groups in total. The number of benzene rings is 2. The molecule has 2 nitrogen and oxygen atoms in total. The summed E-state index contributed by atoms with van der Waals surface area (Å²) in [6, 6.07) is 10.3. The molecule has 0 unspecified atom stereocenters. The van der Waals surface area contributed by atoms with Gasteiger partial charge in [0, 0.05) is 41.7 Å². The Hall–Kier alpha value is -1.51. The summed E-state index contributed by atoms with van der Waals surface area (Å²) < 4.78 is 0. The van der Waals surface area contributed by atoms with E-state index >= 15 is 0 Å². The minimum absolute atomic E-state index is 0.00148. The van der Waals surface area contributed by atoms with Crippen LogP contribution in [0.2, 0.25) is 10.0 Å². The van der Waals surface area contributed by atoms with Crippen LogP contribution >= 0.6 is 23.2 Å². The van der Waals surface area contributed by atoms with Gasteiger partial charge in [0.2, 0.25) is 0 Å². The van der Waals surface area contributed by atoms with E-state index in [0.29, 0.717) is 17.9 Å². The molecule has 1 aliphatic rings. The average molecular weight is 404 g/mol. The third-order valence-electron chi connectivity index (χ3n) is 5.05. The van der Waals surface area contributed by atoms with E-state index in [1.165, 1.54) is 11.1 Å². The number of Topliss-reactive ketones (excluding diaryl/α,β-unsaturated/α-hetero) is 1. The van der Waals surface area contributed by atoms with Crippen LogP contribution in [-0.4, -0.2) is 12.3 Å². The fourth-order valence-electron chi connectivity index (χ4n) is 3.76. The maximum Gasteiger partial charge on any atom is 0.137 e. The number of hydrogen-bond acceptors (Lipinski definition) is 2. The second kappa shape index (κ2) is 7.85. The normalized spacial score (nSPS) is 14.2. The summed E-state index contributed by atoms with van der Waals surface area (Å²) in [5, 5.41) is 1.49. The molecule has 144 valence electrons. The van der Waals surface area contributed by atoms with Crippen LogP contribution in [0.25, 0.3) is 0 Å². The first-order valence-corrected chi connectivity index (χ1v) is 10.2. The van der Waals surface area contributed by atoms with Crippen LogP contribution in [0.1, 0.15) is 49.4 Å². The standard InChI is InChI=1S/C23H27Cl2NO/c1-15-9-19(11-22(25)21(15)12-20(27)13-23(2,3)4)26-8-7-16-10-18(24)6-5-17(16)14-26/h5-6,9-11H,7-8,12-14H2,1-4H3. The van der Waals surface area contributed by atoms with Gasteiger partial charge >= 0.3 is 0 Å². The van der Waals surface area contributed by atoms with Crippen molar-refractivity contribution >= 4 is 34.7 Å². The van der Waals surface area contributed by atoms with Crippen LogP contribution in [0.3, 0.4) is 0 Å². The summed E-state index contributed by atoms with van der Waals surface area (Å²) in [5.41, 5.74) is 5.79. The molecule has 0 aliphatic carbocycles. The molecule has 27 heavy (non-hydrogen) atoms. The van der Waals surface area contributed by atoms with Gasteiger partial charge in [0.15, 0.2) is 0 Å². The Balaban J connectivity index is 1.79. The number of carbonyl (C=O) groups excluding carboxylic acids is 1. The molecule has 4 heteroatoms. The topological polar surface area (TPSA) is 20.3 Å². The highest BCUT2D eigenvalue weighted by Crippen LogP contribution is 2.32. The molecule has 0 radical (unpaired) electrons. The van der Waals surface area contributed by atoms with E-state index in [2.05, 4.69) is 43.9 Å². The quantitative estimate of drug-likeness (QED) is 0.587. The lowest BCUT2D eigenvalue weighted by atomic mass is 9.87. The van der Waals surface area contributed by atoms with Gasteiger partial charge in [-0.15, -0.1) is 0 Å². The second-order valence-electron chi connectivity index (χ2n) is 8.76. The molecule has 3 rings (SSSR count). The van der Waals surface area contributed by atoms with Gasteiger partial charge < -0.3 is 4.90 Å². The lowest BCUT2D eigenvalue weighted by Gasteiger charge is -2.31. The Labute approximate surface area is 172 Å². The Morgan fingerprint density at radius 2 is 1.85 bits per heavy atom. The highest BCUT2D eigenvalue weighted by Gasteiger charge is 2.21. The molecule has 0 aromatic heterocycles. The fraction of sp³-hybridized carbons (Fsp3) is 0.435. The molecule has 0 atom stereocenters. The summed E-state index contributed by atoms with van der Waals surface area (Å²) in [4.78, 5) is 14.7. The van der Waals surface area contributed by atoms with Gasteiger partial charge in [-0.2, -0.15) is 0 Å². The first-order valence-electron chi connectivity index (χ1n) is 9.45. The number of ketones is 1. The average Bonchev–Trinajstić information content (AvgIpc) is 2.56. The Morgan fingerprint density at radius 3 is 2.52 bits per heavy atom. The van der Waals surface area contributed by atoms with Crippen LogP contribution in [0, 0.1) is 12.3 Å². The molecule has 2 aromatic rings. The summed E-state index contributed by atoms with van der Waals surface area (Å²) in [7, 11) is 0. The molecule has 1 aliphatic heterocycles. The molecule has 1 heterocycles. The van der Waals surface area contributed by atoms with Gasteiger partial charge in [-0.3, -0.25) is 4.79 Å². The van der Waals surface area contributed by atoms with E-state index in [4.69, 9.17) is 23.2 Å². The highest BCUT2D eigenvalue weighted by molar-refractivity contribution is 6.32. The zero-order valence-corrected chi connectivity index (χ0v) is 18.0. The SMILES string of the molecule is Cc1cc(N2CCc3cc(Cl)ccc3C2)cc(Cl)c1CC(=O)CC(C)(C)C. The summed E-state index contributed by atoms with van der Waals surface area (Å²) in [6.07, 6.45) is 1.94. The number of rotatable bonds is 4. The van der Waals surface area contributed by atoms with Crippen molar-refractivity contribution in [2.75, 3.05) is 11.4 Å². The van der Waals surface area contributed by atoms with E-state index in [1.807, 2.05) is 19.1 Å². The molecule has 0 spiro atoms. The maximum absolute atomic E-state index is 12.4. The van der Waals surface area contributed by atoms with Crippen LogP contribution in [0.4, 0.5) is 5.69 Å². The summed E-state index contributed by atoms with van der Waals surface area (Å²) >= 11 is 12.7. The van der Waals surface area contributed by atoms with Crippen molar-refractivity contribution in [2.24, 2.45) is 5.41 Å². The van der Waals surface area contributed by atoms with Crippen molar-refractivity contribution in [3.05, 3.63) is 62.6 Å². The van der Waals surface area contributed by atoms with Gasteiger partial charge in [-0.05, 0) is 65.3 Å². The van der Waals surface area contributed by atoms with E-state index in [9.17, 15) is 4.79 Å². The Bertz CT molecular complexity index is 844. The number of halogens is 2. The third-order valence-corrected chi connectivity index (χ3v) is 5.62. The van der Waals surface area contributed by atoms with E-state index < -0.39 is 0 Å². The maximum atomic E-state index is 12.4. The van der Waals surface area contributed by atoms with Crippen molar-refractivity contribution in [3.63, 3.8) is 0 Å². The Kier molecular flexibility index (Phi) is 5.88. The van der Waals surface area contributed by atoms with Gasteiger partial charge in [-0.1, -0.05) is 50.0 Å². The predicted molar refractivity (Wildman–Crippen MR) is 115 cm³/mol. The van der Waals surface area contributed by atoms with Gasteiger partial charge in [-0.25, -0.2) is 0 Å². The molecule has 0 saturated heterocycles. The van der Waals surface area contributed by atoms with E-state index in [0.717, 1.165) is 41.3 Å². The monoisotopic (exact) mass is 403 g/mol. The number of nitrogens with zero attached hydrogens (tertiary/aromatic N) is 1. The largest absolute Gasteiger partial charge is 0.367 e. The lowest BCUT2D eigenvalue weighted by molar-refractivity contribution is -0.120. The van der Waals surface area contributed by atoms with Crippen LogP contribution in [0.15, 0.2) is 30.3 Å². The molecule has 0 saturated carbocycles. The second-order valence-corrected chi connectivity index (χ2v) is 9.60. The predicted octanol–water partition coefficient (Wildman–Crippen LogP) is 6.41. The van der Waals surface area contributed by atoms with Crippen LogP contribution < -0.4 is 4.90 Å². The van der Waals surface area contributed by atoms with Crippen molar-refractivity contribution in [1.29, 1.82) is 0 Å². The number of fused-ring (bicyclic) bond motifs is 1. The van der Waals surface area contributed by atoms with Crippen molar-refractivity contribution < 1.29 is 4.79 Å². The molecular formula is C23H27Cl2NO. The van der Waals surface area contributed by atoms with Crippen LogP contribution in [0.5, 0.6) is 0 Å². The molecule has 0 amide bonds. The zero-order valence-electron chi connectivity index (χ0n) is 16.5. The van der Waals surface area contributed by atoms with E-state index in [-0.39, 0.29) is 11.2 Å². The fourth-order valence-corrected chi connectivity index (χ4v) is 4.28. The number of anilines is 1. The summed E-state index contributed by atoms with van der Waals surface area (Å²) in [5.74, 6) is 0.240. The van der Waals surface area contributed by atoms with Crippen LogP contribution in [-0.2, 0) is 24.2 Å². The minimum Gasteiger partial charge on any atom is -0.367 e. The zero-order chi connectivity index (χ0) is 19.8. The smallest absolute Gasteiger partial charge is 0.137 e. The van der Waals surface area contributed by atoms with Crippen molar-refractivity contribution in [3.8, 4) is 0 Å². The molecule has 2 aromatic carbocycles. The highest BCUT2D eigenvalue weighted by atomic mass is 35.5. The molecule has 0 bridgehead atoms. The number of carbonyl (C=O) groups is 1. The van der Waals surface area contributed by atoms with Gasteiger partial charge in [0.1, 0.15) is 5.78 Å². The van der Waals surface area contributed by atoms with Crippen molar-refractivity contribution in [1.82, 2.24) is 0 Å². The summed E-state index contributed by atoms with van der Waals surface area (Å²) in [6.45, 7) is 10.1. The van der Waals surface area contributed by atoms with Crippen molar-refractivity contribution in [2.45, 2.75) is 53.5 Å². The number of hydrogen-bond donors (Lipinski definition) is 0. The first-order chi connectivity index (χ1) is 12.6. The third kappa shape index (κ3) is 5.06. The van der Waals surface area contributed by atoms with Gasteiger partial charge in [0.25, 0.3) is 0 Å².